The molecule has 1 aliphatic carbocycles. The lowest BCUT2D eigenvalue weighted by atomic mass is 10.1. The van der Waals surface area contributed by atoms with Gasteiger partial charge in [0.25, 0.3) is 0 Å². The van der Waals surface area contributed by atoms with Crippen LogP contribution < -0.4 is 5.73 Å². The van der Waals surface area contributed by atoms with Gasteiger partial charge in [0.1, 0.15) is 11.1 Å². The van der Waals surface area contributed by atoms with Crippen LogP contribution in [0.25, 0.3) is 0 Å². The average Bonchev–Trinajstić information content (AvgIpc) is 2.32. The summed E-state index contributed by atoms with van der Waals surface area (Å²) in [5, 5.41) is 0. The molecule has 2 nitrogen and oxygen atoms in total. The molecule has 1 aromatic carbocycles. The quantitative estimate of drug-likeness (QED) is 0.658. The fourth-order valence-corrected chi connectivity index (χ4v) is 1.95. The van der Waals surface area contributed by atoms with Crippen LogP contribution in [-0.2, 0) is 11.2 Å². The lowest BCUT2D eigenvalue weighted by molar-refractivity contribution is 0.0691. The van der Waals surface area contributed by atoms with Gasteiger partial charge in [-0.25, -0.2) is 0 Å². The Morgan fingerprint density at radius 2 is 2.00 bits per heavy atom. The van der Waals surface area contributed by atoms with Gasteiger partial charge in [0, 0.05) is 0 Å². The van der Waals surface area contributed by atoms with E-state index < -0.39 is 5.00 Å². The summed E-state index contributed by atoms with van der Waals surface area (Å²) in [6.45, 7) is 0.610. The molecule has 0 amide bonds. The number of hydrogen-bond donors (Lipinski definition) is 1. The Balaban J connectivity index is 1.83. The van der Waals surface area contributed by atoms with Crippen molar-refractivity contribution in [3.05, 3.63) is 60.2 Å². The van der Waals surface area contributed by atoms with Crippen LogP contribution in [-0.4, -0.2) is 17.7 Å². The predicted octanol–water partition coefficient (Wildman–Crippen LogP) is 2.63. The molecule has 2 N–H and O–H groups in total. The van der Waals surface area contributed by atoms with Crippen molar-refractivity contribution in [2.75, 3.05) is 6.61 Å². The summed E-state index contributed by atoms with van der Waals surface area (Å²) in [5.74, 6) is 0. The third-order valence-corrected chi connectivity index (χ3v) is 3.06. The number of benzene rings is 1. The number of nitrogens with two attached hydrogens (primary N) is 1. The van der Waals surface area contributed by atoms with Gasteiger partial charge in [-0.15, -0.1) is 0 Å². The van der Waals surface area contributed by atoms with Crippen molar-refractivity contribution in [2.24, 2.45) is 5.73 Å². The van der Waals surface area contributed by atoms with Crippen molar-refractivity contribution in [1.82, 2.24) is 0 Å². The third-order valence-electron chi connectivity index (χ3n) is 2.72. The van der Waals surface area contributed by atoms with Crippen molar-refractivity contribution in [1.29, 1.82) is 0 Å². The van der Waals surface area contributed by atoms with Gasteiger partial charge in [-0.3, -0.25) is 0 Å². The molecule has 1 aromatic rings. The largest absolute Gasteiger partial charge is 0.370 e. The Morgan fingerprint density at radius 3 is 2.71 bits per heavy atom. The SMILES string of the molecule is NC1(Cl)C=CC=CC1OCCc1ccccc1. The Bertz CT molecular complexity index is 411. The molecule has 0 spiro atoms. The molecule has 0 aromatic heterocycles. The fraction of sp³-hybridized carbons (Fsp3) is 0.286. The molecule has 2 unspecified atom stereocenters. The van der Waals surface area contributed by atoms with E-state index >= 15 is 0 Å². The minimum absolute atomic E-state index is 0.266. The Labute approximate surface area is 107 Å². The molecule has 0 saturated heterocycles. The Kier molecular flexibility index (Phi) is 4.00. The minimum Gasteiger partial charge on any atom is -0.370 e. The number of alkyl halides is 1. The molecule has 0 radical (unpaired) electrons. The third kappa shape index (κ3) is 3.43. The van der Waals surface area contributed by atoms with E-state index in [0.717, 1.165) is 6.42 Å². The van der Waals surface area contributed by atoms with E-state index in [0.29, 0.717) is 6.61 Å². The number of rotatable bonds is 4. The van der Waals surface area contributed by atoms with Gasteiger partial charge >= 0.3 is 0 Å². The first-order valence-corrected chi connectivity index (χ1v) is 6.05. The van der Waals surface area contributed by atoms with Crippen LogP contribution in [0.2, 0.25) is 0 Å². The van der Waals surface area contributed by atoms with Crippen molar-refractivity contribution in [3.63, 3.8) is 0 Å². The van der Waals surface area contributed by atoms with Crippen LogP contribution in [0.1, 0.15) is 5.56 Å². The summed E-state index contributed by atoms with van der Waals surface area (Å²) in [7, 11) is 0. The molecular weight excluding hydrogens is 234 g/mol. The molecule has 2 atom stereocenters. The summed E-state index contributed by atoms with van der Waals surface area (Å²) in [6.07, 6.45) is 7.98. The maximum absolute atomic E-state index is 6.13. The maximum Gasteiger partial charge on any atom is 0.140 e. The number of hydrogen-bond acceptors (Lipinski definition) is 2. The number of allylic oxidation sites excluding steroid dienone is 2. The van der Waals surface area contributed by atoms with Crippen LogP contribution in [0.4, 0.5) is 0 Å². The normalized spacial score (nSPS) is 27.3. The van der Waals surface area contributed by atoms with E-state index in [1.807, 2.05) is 36.4 Å². The molecule has 1 aliphatic rings. The van der Waals surface area contributed by atoms with E-state index in [-0.39, 0.29) is 6.10 Å². The van der Waals surface area contributed by atoms with Crippen LogP contribution in [0.3, 0.4) is 0 Å². The molecular formula is C14H16ClNO. The fourth-order valence-electron chi connectivity index (χ4n) is 1.74. The molecule has 2 rings (SSSR count). The zero-order valence-electron chi connectivity index (χ0n) is 9.55. The van der Waals surface area contributed by atoms with E-state index in [1.54, 1.807) is 6.08 Å². The average molecular weight is 250 g/mol. The van der Waals surface area contributed by atoms with Gasteiger partial charge < -0.3 is 10.5 Å². The second-order valence-electron chi connectivity index (χ2n) is 4.10. The highest BCUT2D eigenvalue weighted by Crippen LogP contribution is 2.22. The Hall–Kier alpha value is -1.09. The highest BCUT2D eigenvalue weighted by atomic mass is 35.5. The van der Waals surface area contributed by atoms with Crippen LogP contribution in [0, 0.1) is 0 Å². The van der Waals surface area contributed by atoms with E-state index in [9.17, 15) is 0 Å². The van der Waals surface area contributed by atoms with Gasteiger partial charge in [0.2, 0.25) is 0 Å². The number of ether oxygens (including phenoxy) is 1. The molecule has 0 aliphatic heterocycles. The molecule has 3 heteroatoms. The molecule has 90 valence electrons. The lowest BCUT2D eigenvalue weighted by Crippen LogP contribution is -2.45. The summed E-state index contributed by atoms with van der Waals surface area (Å²) in [6, 6.07) is 10.2. The highest BCUT2D eigenvalue weighted by molar-refractivity contribution is 6.25. The first-order valence-electron chi connectivity index (χ1n) is 5.68. The Morgan fingerprint density at radius 1 is 1.24 bits per heavy atom. The van der Waals surface area contributed by atoms with Crippen molar-refractivity contribution in [2.45, 2.75) is 17.5 Å². The van der Waals surface area contributed by atoms with E-state index in [4.69, 9.17) is 22.1 Å². The van der Waals surface area contributed by atoms with Crippen LogP contribution >= 0.6 is 11.6 Å². The minimum atomic E-state index is -0.925. The highest BCUT2D eigenvalue weighted by Gasteiger charge is 2.30. The summed E-state index contributed by atoms with van der Waals surface area (Å²) < 4.78 is 5.71. The topological polar surface area (TPSA) is 35.2 Å². The first kappa shape index (κ1) is 12.4. The predicted molar refractivity (Wildman–Crippen MR) is 70.9 cm³/mol. The van der Waals surface area contributed by atoms with E-state index in [1.165, 1.54) is 5.56 Å². The molecule has 0 saturated carbocycles. The van der Waals surface area contributed by atoms with Crippen molar-refractivity contribution >= 4 is 11.6 Å². The standard InChI is InChI=1S/C14H16ClNO/c15-14(16)10-5-4-8-13(14)17-11-9-12-6-2-1-3-7-12/h1-8,10,13H,9,11,16H2. The smallest absolute Gasteiger partial charge is 0.140 e. The zero-order valence-corrected chi connectivity index (χ0v) is 10.3. The van der Waals surface area contributed by atoms with Gasteiger partial charge in [-0.2, -0.15) is 0 Å². The van der Waals surface area contributed by atoms with Gasteiger partial charge in [-0.05, 0) is 18.1 Å². The second kappa shape index (κ2) is 5.50. The summed E-state index contributed by atoms with van der Waals surface area (Å²) in [4.78, 5) is -0.925. The zero-order chi connectivity index (χ0) is 12.1. The van der Waals surface area contributed by atoms with Crippen LogP contribution in [0.15, 0.2) is 54.6 Å². The van der Waals surface area contributed by atoms with Crippen molar-refractivity contribution < 1.29 is 4.74 Å². The van der Waals surface area contributed by atoms with Gasteiger partial charge in [-0.1, -0.05) is 60.2 Å². The molecule has 0 fully saturated rings. The van der Waals surface area contributed by atoms with Crippen LogP contribution in [0.5, 0.6) is 0 Å². The monoisotopic (exact) mass is 249 g/mol. The van der Waals surface area contributed by atoms with Crippen molar-refractivity contribution in [3.8, 4) is 0 Å². The summed E-state index contributed by atoms with van der Waals surface area (Å²) >= 11 is 6.13. The van der Waals surface area contributed by atoms with Gasteiger partial charge in [0.15, 0.2) is 0 Å². The first-order chi connectivity index (χ1) is 8.18. The number of halogens is 1. The molecule has 0 bridgehead atoms. The molecule has 17 heavy (non-hydrogen) atoms. The van der Waals surface area contributed by atoms with Gasteiger partial charge in [0.05, 0.1) is 6.61 Å². The second-order valence-corrected chi connectivity index (χ2v) is 4.75. The summed E-state index contributed by atoms with van der Waals surface area (Å²) in [5.41, 5.74) is 7.15. The lowest BCUT2D eigenvalue weighted by Gasteiger charge is -2.28. The molecule has 0 heterocycles. The maximum atomic E-state index is 6.13. The van der Waals surface area contributed by atoms with E-state index in [2.05, 4.69) is 12.1 Å².